The summed E-state index contributed by atoms with van der Waals surface area (Å²) < 4.78 is 10.5. The van der Waals surface area contributed by atoms with Gasteiger partial charge in [0.15, 0.2) is 0 Å². The van der Waals surface area contributed by atoms with Crippen molar-refractivity contribution in [2.45, 2.75) is 37.9 Å². The maximum atomic E-state index is 12.6. The summed E-state index contributed by atoms with van der Waals surface area (Å²) in [5.74, 6) is 0.764. The summed E-state index contributed by atoms with van der Waals surface area (Å²) in [5.41, 5.74) is 1.49. The van der Waals surface area contributed by atoms with Crippen molar-refractivity contribution in [3.63, 3.8) is 0 Å². The summed E-state index contributed by atoms with van der Waals surface area (Å²) in [5, 5.41) is 12.5. The summed E-state index contributed by atoms with van der Waals surface area (Å²) in [6.45, 7) is 2.87. The number of nitriles is 1. The summed E-state index contributed by atoms with van der Waals surface area (Å²) in [6, 6.07) is 7.84. The zero-order chi connectivity index (χ0) is 16.9. The molecule has 6 heteroatoms. The number of benzene rings is 1. The van der Waals surface area contributed by atoms with Gasteiger partial charge in [0.05, 0.1) is 18.7 Å². The van der Waals surface area contributed by atoms with Crippen molar-refractivity contribution in [1.82, 2.24) is 10.2 Å². The first kappa shape index (κ1) is 16.7. The molecule has 1 amide bonds. The van der Waals surface area contributed by atoms with Crippen LogP contribution < -0.4 is 10.1 Å². The van der Waals surface area contributed by atoms with E-state index < -0.39 is 0 Å². The molecule has 0 aromatic heterocycles. The highest BCUT2D eigenvalue weighted by Gasteiger charge is 2.36. The average Bonchev–Trinajstić information content (AvgIpc) is 3.01. The van der Waals surface area contributed by atoms with E-state index in [1.807, 2.05) is 17.0 Å². The van der Waals surface area contributed by atoms with Crippen molar-refractivity contribution in [2.75, 3.05) is 26.9 Å². The number of hydrogen-bond donors (Lipinski definition) is 1. The lowest BCUT2D eigenvalue weighted by Crippen LogP contribution is -2.44. The number of hydrogen-bond acceptors (Lipinski definition) is 5. The van der Waals surface area contributed by atoms with Crippen LogP contribution in [-0.4, -0.2) is 49.8 Å². The second-order valence-corrected chi connectivity index (χ2v) is 6.24. The Morgan fingerprint density at radius 2 is 2.17 bits per heavy atom. The first-order valence-electron chi connectivity index (χ1n) is 8.41. The number of carbonyl (C=O) groups is 1. The van der Waals surface area contributed by atoms with E-state index in [9.17, 15) is 4.79 Å². The van der Waals surface area contributed by atoms with Crippen molar-refractivity contribution >= 4 is 5.91 Å². The molecule has 2 heterocycles. The van der Waals surface area contributed by atoms with Crippen LogP contribution in [-0.2, 0) is 16.1 Å². The highest BCUT2D eigenvalue weighted by Crippen LogP contribution is 2.22. The molecule has 2 fully saturated rings. The standard InChI is InChI=1S/C18H23N3O3/c1-23-17-3-2-13(10-14(17)11-19)12-20-16-4-7-21(18(16)22)15-5-8-24-9-6-15/h2-3,10,15-16,20H,4-9,12H2,1H3. The van der Waals surface area contributed by atoms with Crippen LogP contribution in [0.4, 0.5) is 0 Å². The van der Waals surface area contributed by atoms with Crippen molar-refractivity contribution in [3.05, 3.63) is 29.3 Å². The summed E-state index contributed by atoms with van der Waals surface area (Å²) >= 11 is 0. The van der Waals surface area contributed by atoms with Crippen LogP contribution in [0.2, 0.25) is 0 Å². The van der Waals surface area contributed by atoms with Crippen molar-refractivity contribution in [1.29, 1.82) is 5.26 Å². The minimum Gasteiger partial charge on any atom is -0.495 e. The number of nitrogens with one attached hydrogen (secondary N) is 1. The molecule has 2 aliphatic heterocycles. The third kappa shape index (κ3) is 3.53. The molecule has 2 saturated heterocycles. The van der Waals surface area contributed by atoms with Gasteiger partial charge >= 0.3 is 0 Å². The zero-order valence-electron chi connectivity index (χ0n) is 14.0. The fraction of sp³-hybridized carbons (Fsp3) is 0.556. The molecule has 1 unspecified atom stereocenters. The molecule has 24 heavy (non-hydrogen) atoms. The first-order chi connectivity index (χ1) is 11.7. The van der Waals surface area contributed by atoms with Gasteiger partial charge in [0.25, 0.3) is 0 Å². The molecule has 128 valence electrons. The lowest BCUT2D eigenvalue weighted by molar-refractivity contribution is -0.133. The Balaban J connectivity index is 1.57. The second kappa shape index (κ2) is 7.65. The number of nitrogens with zero attached hydrogens (tertiary/aromatic N) is 2. The van der Waals surface area contributed by atoms with E-state index in [-0.39, 0.29) is 11.9 Å². The predicted octanol–water partition coefficient (Wildman–Crippen LogP) is 1.44. The zero-order valence-corrected chi connectivity index (χ0v) is 14.0. The number of carbonyl (C=O) groups excluding carboxylic acids is 1. The van der Waals surface area contributed by atoms with Gasteiger partial charge in [0.1, 0.15) is 11.8 Å². The predicted molar refractivity (Wildman–Crippen MR) is 88.5 cm³/mol. The molecule has 2 aliphatic rings. The normalized spacial score (nSPS) is 21.8. The Bertz CT molecular complexity index is 635. The largest absolute Gasteiger partial charge is 0.495 e. The van der Waals surface area contributed by atoms with Gasteiger partial charge in [-0.05, 0) is 37.0 Å². The van der Waals surface area contributed by atoms with Crippen LogP contribution in [0, 0.1) is 11.3 Å². The number of ether oxygens (including phenoxy) is 2. The maximum absolute atomic E-state index is 12.6. The molecule has 1 atom stereocenters. The van der Waals surface area contributed by atoms with Crippen molar-refractivity contribution in [3.8, 4) is 11.8 Å². The van der Waals surface area contributed by atoms with Gasteiger partial charge in [0, 0.05) is 32.3 Å². The quantitative estimate of drug-likeness (QED) is 0.885. The summed E-state index contributed by atoms with van der Waals surface area (Å²) in [4.78, 5) is 14.6. The van der Waals surface area contributed by atoms with Gasteiger partial charge in [0.2, 0.25) is 5.91 Å². The summed E-state index contributed by atoms with van der Waals surface area (Å²) in [7, 11) is 1.55. The lowest BCUT2D eigenvalue weighted by Gasteiger charge is -2.31. The number of methoxy groups -OCH3 is 1. The van der Waals surface area contributed by atoms with Gasteiger partial charge in [-0.15, -0.1) is 0 Å². The Hall–Kier alpha value is -2.10. The van der Waals surface area contributed by atoms with E-state index in [0.717, 1.165) is 44.6 Å². The second-order valence-electron chi connectivity index (χ2n) is 6.24. The molecule has 1 aromatic rings. The number of rotatable bonds is 5. The van der Waals surface area contributed by atoms with Gasteiger partial charge in [-0.1, -0.05) is 6.07 Å². The van der Waals surface area contributed by atoms with E-state index in [0.29, 0.717) is 23.9 Å². The molecule has 0 spiro atoms. The molecule has 1 N–H and O–H groups in total. The molecule has 0 bridgehead atoms. The Labute approximate surface area is 142 Å². The fourth-order valence-electron chi connectivity index (χ4n) is 3.44. The van der Waals surface area contributed by atoms with Crippen molar-refractivity contribution < 1.29 is 14.3 Å². The van der Waals surface area contributed by atoms with Gasteiger partial charge in [-0.3, -0.25) is 4.79 Å². The van der Waals surface area contributed by atoms with Gasteiger partial charge in [-0.2, -0.15) is 5.26 Å². The van der Waals surface area contributed by atoms with E-state index in [2.05, 4.69) is 11.4 Å². The Morgan fingerprint density at radius 3 is 2.88 bits per heavy atom. The van der Waals surface area contributed by atoms with Gasteiger partial charge in [-0.25, -0.2) is 0 Å². The molecule has 3 rings (SSSR count). The molecule has 0 radical (unpaired) electrons. The van der Waals surface area contributed by atoms with Crippen LogP contribution in [0.25, 0.3) is 0 Å². The third-order valence-corrected chi connectivity index (χ3v) is 4.81. The summed E-state index contributed by atoms with van der Waals surface area (Å²) in [6.07, 6.45) is 2.70. The lowest BCUT2D eigenvalue weighted by atomic mass is 10.1. The minimum atomic E-state index is -0.138. The minimum absolute atomic E-state index is 0.138. The molecule has 1 aromatic carbocycles. The molecule has 0 saturated carbocycles. The Morgan fingerprint density at radius 1 is 1.38 bits per heavy atom. The van der Waals surface area contributed by atoms with Crippen LogP contribution >= 0.6 is 0 Å². The van der Waals surface area contributed by atoms with Crippen molar-refractivity contribution in [2.24, 2.45) is 0 Å². The molecular formula is C18H23N3O3. The van der Waals surface area contributed by atoms with Crippen LogP contribution in [0.5, 0.6) is 5.75 Å². The highest BCUT2D eigenvalue weighted by atomic mass is 16.5. The maximum Gasteiger partial charge on any atom is 0.240 e. The average molecular weight is 329 g/mol. The molecule has 0 aliphatic carbocycles. The number of amides is 1. The highest BCUT2D eigenvalue weighted by molar-refractivity contribution is 5.84. The fourth-order valence-corrected chi connectivity index (χ4v) is 3.44. The Kier molecular flexibility index (Phi) is 5.34. The third-order valence-electron chi connectivity index (χ3n) is 4.81. The first-order valence-corrected chi connectivity index (χ1v) is 8.41. The van der Waals surface area contributed by atoms with E-state index in [1.54, 1.807) is 13.2 Å². The van der Waals surface area contributed by atoms with Crippen LogP contribution in [0.15, 0.2) is 18.2 Å². The van der Waals surface area contributed by atoms with Crippen LogP contribution in [0.3, 0.4) is 0 Å². The molecule has 6 nitrogen and oxygen atoms in total. The monoisotopic (exact) mass is 329 g/mol. The SMILES string of the molecule is COc1ccc(CNC2CCN(C3CCOCC3)C2=O)cc1C#N. The smallest absolute Gasteiger partial charge is 0.240 e. The van der Waals surface area contributed by atoms with Gasteiger partial charge < -0.3 is 19.7 Å². The molecular weight excluding hydrogens is 306 g/mol. The number of likely N-dealkylation sites (tertiary alicyclic amines) is 1. The van der Waals surface area contributed by atoms with Crippen LogP contribution in [0.1, 0.15) is 30.4 Å². The van der Waals surface area contributed by atoms with E-state index >= 15 is 0 Å². The van der Waals surface area contributed by atoms with E-state index in [4.69, 9.17) is 14.7 Å². The topological polar surface area (TPSA) is 74.6 Å². The van der Waals surface area contributed by atoms with E-state index in [1.165, 1.54) is 0 Å².